The molecule has 0 amide bonds. The van der Waals surface area contributed by atoms with Crippen molar-refractivity contribution < 1.29 is 0 Å². The summed E-state index contributed by atoms with van der Waals surface area (Å²) in [5.74, 6) is 0.848. The van der Waals surface area contributed by atoms with Crippen molar-refractivity contribution >= 4 is 29.3 Å². The topological polar surface area (TPSA) is 46.0 Å². The van der Waals surface area contributed by atoms with Gasteiger partial charge in [0.15, 0.2) is 5.82 Å². The van der Waals surface area contributed by atoms with Gasteiger partial charge in [-0.15, -0.1) is 11.3 Å². The van der Waals surface area contributed by atoms with Crippen LogP contribution in [0.15, 0.2) is 22.6 Å². The molecule has 2 aromatic rings. The zero-order valence-electron chi connectivity index (χ0n) is 9.10. The molecule has 4 nitrogen and oxygen atoms in total. The molecule has 6 heteroatoms. The lowest BCUT2D eigenvalue weighted by Gasteiger charge is -1.99. The highest BCUT2D eigenvalue weighted by atomic mass is 32.1. The largest absolute Gasteiger partial charge is 0.250 e. The Morgan fingerprint density at radius 3 is 3.12 bits per heavy atom. The van der Waals surface area contributed by atoms with E-state index in [4.69, 9.17) is 12.2 Å². The molecule has 0 aliphatic carbocycles. The smallest absolute Gasteiger partial charge is 0.216 e. The van der Waals surface area contributed by atoms with Crippen LogP contribution in [0.3, 0.4) is 0 Å². The van der Waals surface area contributed by atoms with Crippen molar-refractivity contribution in [1.29, 1.82) is 0 Å². The van der Waals surface area contributed by atoms with Crippen LogP contribution in [-0.2, 0) is 6.42 Å². The Labute approximate surface area is 103 Å². The van der Waals surface area contributed by atoms with Crippen molar-refractivity contribution in [1.82, 2.24) is 14.9 Å². The van der Waals surface area contributed by atoms with Gasteiger partial charge >= 0.3 is 0 Å². The molecule has 0 spiro atoms. The predicted octanol–water partition coefficient (Wildman–Crippen LogP) is 2.84. The van der Waals surface area contributed by atoms with Gasteiger partial charge in [-0.2, -0.15) is 14.9 Å². The van der Waals surface area contributed by atoms with Crippen LogP contribution in [0.2, 0.25) is 0 Å². The van der Waals surface area contributed by atoms with E-state index in [1.54, 1.807) is 16.0 Å². The van der Waals surface area contributed by atoms with E-state index < -0.39 is 0 Å². The van der Waals surface area contributed by atoms with Gasteiger partial charge in [0, 0.05) is 6.42 Å². The molecule has 2 heterocycles. The Balaban J connectivity index is 2.43. The molecule has 1 N–H and O–H groups in total. The summed E-state index contributed by atoms with van der Waals surface area (Å²) >= 11 is 6.79. The third-order valence-electron chi connectivity index (χ3n) is 2.16. The molecule has 84 valence electrons. The van der Waals surface area contributed by atoms with E-state index in [1.807, 2.05) is 31.4 Å². The van der Waals surface area contributed by atoms with Crippen molar-refractivity contribution in [3.8, 4) is 0 Å². The normalized spacial score (nSPS) is 12.0. The van der Waals surface area contributed by atoms with Crippen LogP contribution < -0.4 is 0 Å². The summed E-state index contributed by atoms with van der Waals surface area (Å²) in [4.78, 5) is 1.14. The first-order valence-corrected chi connectivity index (χ1v) is 6.27. The zero-order valence-corrected chi connectivity index (χ0v) is 10.7. The molecule has 16 heavy (non-hydrogen) atoms. The first kappa shape index (κ1) is 11.2. The number of H-pyrrole nitrogens is 1. The average Bonchev–Trinajstić information content (AvgIpc) is 2.89. The highest BCUT2D eigenvalue weighted by Crippen LogP contribution is 2.10. The number of nitrogens with one attached hydrogen (secondary N) is 1. The number of thiophene rings is 1. The van der Waals surface area contributed by atoms with Crippen molar-refractivity contribution in [3.05, 3.63) is 33.0 Å². The van der Waals surface area contributed by atoms with Gasteiger partial charge < -0.3 is 0 Å². The highest BCUT2D eigenvalue weighted by Gasteiger charge is 2.04. The number of aryl methyl sites for hydroxylation is 1. The van der Waals surface area contributed by atoms with Crippen LogP contribution in [0.1, 0.15) is 24.5 Å². The minimum Gasteiger partial charge on any atom is -0.250 e. The molecule has 2 rings (SSSR count). The number of nitrogens with zero attached hydrogens (tertiary/aromatic N) is 3. The third-order valence-corrected chi connectivity index (χ3v) is 3.40. The fraction of sp³-hybridized carbons (Fsp3) is 0.300. The Kier molecular flexibility index (Phi) is 3.31. The van der Waals surface area contributed by atoms with Crippen LogP contribution in [0.4, 0.5) is 0 Å². The van der Waals surface area contributed by atoms with Crippen molar-refractivity contribution in [2.75, 3.05) is 0 Å². The van der Waals surface area contributed by atoms with Gasteiger partial charge in [0.25, 0.3) is 0 Å². The quantitative estimate of drug-likeness (QED) is 0.674. The van der Waals surface area contributed by atoms with Crippen molar-refractivity contribution in [2.45, 2.75) is 20.3 Å². The lowest BCUT2D eigenvalue weighted by molar-refractivity contribution is 0.776. The second-order valence-electron chi connectivity index (χ2n) is 3.27. The van der Waals surface area contributed by atoms with E-state index in [-0.39, 0.29) is 0 Å². The summed E-state index contributed by atoms with van der Waals surface area (Å²) in [7, 11) is 0. The van der Waals surface area contributed by atoms with E-state index >= 15 is 0 Å². The second-order valence-corrected chi connectivity index (χ2v) is 4.61. The van der Waals surface area contributed by atoms with Crippen LogP contribution in [0.5, 0.6) is 0 Å². The maximum atomic E-state index is 5.13. The standard InChI is InChI=1S/C10H12N4S2/c1-3-9-11-12-10(15)14(9)13-7(2)8-5-4-6-16-8/h4-6H,3H2,1-2H3,(H,12,15)/b13-7+. The summed E-state index contributed by atoms with van der Waals surface area (Å²) in [5.41, 5.74) is 0.946. The number of aromatic nitrogens is 3. The molecule has 0 bridgehead atoms. The Morgan fingerprint density at radius 1 is 1.69 bits per heavy atom. The van der Waals surface area contributed by atoms with Crippen LogP contribution >= 0.6 is 23.6 Å². The number of hydrogen-bond donors (Lipinski definition) is 1. The molecular weight excluding hydrogens is 240 g/mol. The molecule has 0 aliphatic rings. The Hall–Kier alpha value is -1.27. The number of rotatable bonds is 3. The summed E-state index contributed by atoms with van der Waals surface area (Å²) in [6, 6.07) is 4.05. The van der Waals surface area contributed by atoms with Gasteiger partial charge in [0.05, 0.1) is 10.6 Å². The minimum atomic E-state index is 0.535. The highest BCUT2D eigenvalue weighted by molar-refractivity contribution is 7.71. The first-order chi connectivity index (χ1) is 7.72. The summed E-state index contributed by atoms with van der Waals surface area (Å²) in [6.45, 7) is 4.00. The Bertz CT molecular complexity index is 548. The van der Waals surface area contributed by atoms with E-state index in [0.717, 1.165) is 22.8 Å². The molecule has 0 aliphatic heterocycles. The van der Waals surface area contributed by atoms with Crippen molar-refractivity contribution in [2.24, 2.45) is 5.10 Å². The van der Waals surface area contributed by atoms with E-state index in [9.17, 15) is 0 Å². The van der Waals surface area contributed by atoms with E-state index in [2.05, 4.69) is 15.3 Å². The fourth-order valence-electron chi connectivity index (χ4n) is 1.34. The van der Waals surface area contributed by atoms with Crippen molar-refractivity contribution in [3.63, 3.8) is 0 Å². The van der Waals surface area contributed by atoms with Gasteiger partial charge in [0.1, 0.15) is 0 Å². The molecule has 0 saturated carbocycles. The molecule has 0 aromatic carbocycles. The minimum absolute atomic E-state index is 0.535. The number of aromatic amines is 1. The Morgan fingerprint density at radius 2 is 2.50 bits per heavy atom. The maximum Gasteiger partial charge on any atom is 0.216 e. The van der Waals surface area contributed by atoms with Gasteiger partial charge in [-0.25, -0.2) is 0 Å². The van der Waals surface area contributed by atoms with Crippen LogP contribution in [-0.4, -0.2) is 20.6 Å². The number of hydrogen-bond acceptors (Lipinski definition) is 4. The lowest BCUT2D eigenvalue weighted by Crippen LogP contribution is -2.01. The maximum absolute atomic E-state index is 5.13. The zero-order chi connectivity index (χ0) is 11.5. The van der Waals surface area contributed by atoms with Gasteiger partial charge in [-0.05, 0) is 30.6 Å². The molecule has 0 radical (unpaired) electrons. The average molecular weight is 252 g/mol. The predicted molar refractivity (Wildman–Crippen MR) is 68.7 cm³/mol. The molecule has 0 unspecified atom stereocenters. The first-order valence-electron chi connectivity index (χ1n) is 4.98. The van der Waals surface area contributed by atoms with E-state index in [0.29, 0.717) is 4.77 Å². The second kappa shape index (κ2) is 4.71. The monoisotopic (exact) mass is 252 g/mol. The summed E-state index contributed by atoms with van der Waals surface area (Å²) in [6.07, 6.45) is 0.800. The molecule has 0 fully saturated rings. The fourth-order valence-corrected chi connectivity index (χ4v) is 2.20. The SMILES string of the molecule is CCc1n[nH]c(=S)n1/N=C(\C)c1cccs1. The molecule has 2 aromatic heterocycles. The molecular formula is C10H12N4S2. The van der Waals surface area contributed by atoms with Gasteiger partial charge in [-0.3, -0.25) is 5.10 Å². The van der Waals surface area contributed by atoms with Gasteiger partial charge in [0.2, 0.25) is 4.77 Å². The molecule has 0 saturated heterocycles. The van der Waals surface area contributed by atoms with Crippen LogP contribution in [0, 0.1) is 4.77 Å². The van der Waals surface area contributed by atoms with Gasteiger partial charge in [-0.1, -0.05) is 13.0 Å². The lowest BCUT2D eigenvalue weighted by atomic mass is 10.3. The van der Waals surface area contributed by atoms with Crippen LogP contribution in [0.25, 0.3) is 0 Å². The summed E-state index contributed by atoms with van der Waals surface area (Å²) < 4.78 is 2.22. The van der Waals surface area contributed by atoms with E-state index in [1.165, 1.54) is 0 Å². The third kappa shape index (κ3) is 2.12. The summed E-state index contributed by atoms with van der Waals surface area (Å²) in [5, 5.41) is 13.4. The molecule has 0 atom stereocenters.